The van der Waals surface area contributed by atoms with Crippen molar-refractivity contribution in [3.05, 3.63) is 52.3 Å². The van der Waals surface area contributed by atoms with Crippen LogP contribution in [-0.2, 0) is 11.3 Å². The number of hydrogen-bond acceptors (Lipinski definition) is 6. The Kier molecular flexibility index (Phi) is 3.84. The van der Waals surface area contributed by atoms with Crippen molar-refractivity contribution in [3.8, 4) is 10.8 Å². The molecule has 5 rings (SSSR count). The molecule has 1 amide bonds. The van der Waals surface area contributed by atoms with Gasteiger partial charge in [-0.3, -0.25) is 4.79 Å². The summed E-state index contributed by atoms with van der Waals surface area (Å²) in [5.74, 6) is 1.59. The number of carbonyl (C=O) groups excluding carboxylic acids is 1. The first-order valence-electron chi connectivity index (χ1n) is 8.94. The third-order valence-electron chi connectivity index (χ3n) is 5.48. The predicted molar refractivity (Wildman–Crippen MR) is 101 cm³/mol. The molecular weight excluding hydrogens is 362 g/mol. The summed E-state index contributed by atoms with van der Waals surface area (Å²) in [6.07, 6.45) is 1.77. The fourth-order valence-electron chi connectivity index (χ4n) is 3.94. The topological polar surface area (TPSA) is 73.1 Å². The van der Waals surface area contributed by atoms with Crippen molar-refractivity contribution in [1.29, 1.82) is 0 Å². The van der Waals surface area contributed by atoms with Crippen LogP contribution in [0.15, 0.2) is 29.8 Å². The number of rotatable bonds is 2. The van der Waals surface area contributed by atoms with E-state index in [-0.39, 0.29) is 18.0 Å². The molecule has 0 unspecified atom stereocenters. The van der Waals surface area contributed by atoms with Crippen molar-refractivity contribution in [2.45, 2.75) is 32.5 Å². The van der Waals surface area contributed by atoms with Crippen molar-refractivity contribution in [2.24, 2.45) is 0 Å². The lowest BCUT2D eigenvalue weighted by atomic mass is 9.98. The van der Waals surface area contributed by atoms with E-state index in [9.17, 15) is 4.79 Å². The summed E-state index contributed by atoms with van der Waals surface area (Å²) in [5, 5.41) is 11.6. The van der Waals surface area contributed by atoms with Crippen LogP contribution in [0, 0.1) is 13.8 Å². The van der Waals surface area contributed by atoms with E-state index in [1.807, 2.05) is 42.3 Å². The van der Waals surface area contributed by atoms with E-state index in [1.165, 1.54) is 0 Å². The molecule has 0 radical (unpaired) electrons. The van der Waals surface area contributed by atoms with Gasteiger partial charge >= 0.3 is 0 Å². The van der Waals surface area contributed by atoms with Gasteiger partial charge in [-0.15, -0.1) is 21.5 Å². The lowest BCUT2D eigenvalue weighted by Gasteiger charge is -2.45. The Morgan fingerprint density at radius 2 is 2.15 bits per heavy atom. The largest absolute Gasteiger partial charge is 0.377 e. The lowest BCUT2D eigenvalue weighted by Crippen LogP contribution is -2.56. The number of carbonyl (C=O) groups is 1. The van der Waals surface area contributed by atoms with Crippen LogP contribution in [0.1, 0.15) is 33.4 Å². The fraction of sp³-hybridized carbons (Fsp3) is 0.368. The fourth-order valence-corrected chi connectivity index (χ4v) is 4.57. The summed E-state index contributed by atoms with van der Waals surface area (Å²) in [4.78, 5) is 19.7. The molecule has 8 heteroatoms. The van der Waals surface area contributed by atoms with Gasteiger partial charge in [0, 0.05) is 23.7 Å². The maximum Gasteiger partial charge on any atom is 0.255 e. The van der Waals surface area contributed by atoms with E-state index < -0.39 is 0 Å². The molecule has 4 heterocycles. The molecule has 2 aliphatic rings. The number of fused-ring (bicyclic) bond motifs is 4. The highest BCUT2D eigenvalue weighted by Crippen LogP contribution is 2.36. The van der Waals surface area contributed by atoms with Crippen molar-refractivity contribution in [3.63, 3.8) is 0 Å². The van der Waals surface area contributed by atoms with Gasteiger partial charge in [0.2, 0.25) is 0 Å². The van der Waals surface area contributed by atoms with Crippen LogP contribution in [-0.4, -0.2) is 49.8 Å². The van der Waals surface area contributed by atoms with Crippen LogP contribution in [0.5, 0.6) is 0 Å². The molecule has 0 N–H and O–H groups in total. The van der Waals surface area contributed by atoms with Gasteiger partial charge in [-0.2, -0.15) is 0 Å². The Morgan fingerprint density at radius 3 is 2.96 bits per heavy atom. The maximum absolute atomic E-state index is 13.4. The van der Waals surface area contributed by atoms with Crippen molar-refractivity contribution < 1.29 is 9.53 Å². The maximum atomic E-state index is 13.4. The molecule has 0 saturated carbocycles. The summed E-state index contributed by atoms with van der Waals surface area (Å²) in [5.41, 5.74) is 2.89. The van der Waals surface area contributed by atoms with E-state index >= 15 is 0 Å². The van der Waals surface area contributed by atoms with Crippen LogP contribution in [0.25, 0.3) is 10.8 Å². The lowest BCUT2D eigenvalue weighted by molar-refractivity contribution is -0.0569. The zero-order chi connectivity index (χ0) is 18.5. The summed E-state index contributed by atoms with van der Waals surface area (Å²) in [6, 6.07) is 5.60. The second-order valence-electron chi connectivity index (χ2n) is 7.00. The number of benzene rings is 1. The number of morpholine rings is 1. The van der Waals surface area contributed by atoms with Gasteiger partial charge < -0.3 is 14.2 Å². The van der Waals surface area contributed by atoms with E-state index in [4.69, 9.17) is 4.74 Å². The molecule has 138 valence electrons. The molecule has 0 spiro atoms. The first-order chi connectivity index (χ1) is 13.1. The minimum Gasteiger partial charge on any atom is -0.377 e. The number of hydrogen-bond donors (Lipinski definition) is 0. The zero-order valence-electron chi connectivity index (χ0n) is 15.1. The second-order valence-corrected chi connectivity index (χ2v) is 7.89. The van der Waals surface area contributed by atoms with Crippen molar-refractivity contribution in [2.75, 3.05) is 13.2 Å². The Hall–Kier alpha value is -2.58. The summed E-state index contributed by atoms with van der Waals surface area (Å²) >= 11 is 1.54. The van der Waals surface area contributed by atoms with Gasteiger partial charge in [-0.05, 0) is 31.0 Å². The SMILES string of the molecule is Cc1cccc(C(=O)N2[C@H]3COC[C@@H]2c2nnc(-c4nccs4)n2C3)c1C. The number of ether oxygens (including phenoxy) is 1. The van der Waals surface area contributed by atoms with Crippen LogP contribution < -0.4 is 0 Å². The first kappa shape index (κ1) is 16.6. The van der Waals surface area contributed by atoms with E-state index in [2.05, 4.69) is 19.7 Å². The number of thiazole rings is 1. The quantitative estimate of drug-likeness (QED) is 0.682. The Morgan fingerprint density at radius 1 is 1.26 bits per heavy atom. The number of amides is 1. The van der Waals surface area contributed by atoms with E-state index in [1.54, 1.807) is 17.5 Å². The molecule has 2 aliphatic heterocycles. The Bertz CT molecular complexity index is 1010. The number of aryl methyl sites for hydroxylation is 1. The van der Waals surface area contributed by atoms with E-state index in [0.29, 0.717) is 19.8 Å². The minimum atomic E-state index is -0.230. The molecule has 2 aromatic heterocycles. The molecule has 1 aromatic carbocycles. The molecule has 2 atom stereocenters. The van der Waals surface area contributed by atoms with Crippen LogP contribution in [0.4, 0.5) is 0 Å². The smallest absolute Gasteiger partial charge is 0.255 e. The molecule has 7 nitrogen and oxygen atoms in total. The molecule has 0 aliphatic carbocycles. The van der Waals surface area contributed by atoms with E-state index in [0.717, 1.165) is 33.3 Å². The Labute approximate surface area is 160 Å². The molecule has 1 fully saturated rings. The Balaban J connectivity index is 1.57. The van der Waals surface area contributed by atoms with Gasteiger partial charge in [0.15, 0.2) is 16.7 Å². The van der Waals surface area contributed by atoms with Crippen LogP contribution in [0.3, 0.4) is 0 Å². The molecular formula is C19H19N5O2S. The number of aromatic nitrogens is 4. The first-order valence-corrected chi connectivity index (χ1v) is 9.82. The summed E-state index contributed by atoms with van der Waals surface area (Å²) < 4.78 is 7.88. The van der Waals surface area contributed by atoms with Gasteiger partial charge in [0.1, 0.15) is 6.04 Å². The van der Waals surface area contributed by atoms with Gasteiger partial charge in [0.05, 0.1) is 19.3 Å². The highest BCUT2D eigenvalue weighted by molar-refractivity contribution is 7.13. The summed E-state index contributed by atoms with van der Waals surface area (Å²) in [6.45, 7) is 5.60. The second kappa shape index (κ2) is 6.24. The molecule has 3 aromatic rings. The standard InChI is InChI=1S/C19H19N5O2S/c1-11-4-3-5-14(12(11)2)19(25)24-13-8-23-16(15(24)10-26-9-13)21-22-17(23)18-20-6-7-27-18/h3-7,13,15H,8-10H2,1-2H3/t13-,15-/m1/s1. The normalized spacial score (nSPS) is 21.2. The third-order valence-corrected chi connectivity index (χ3v) is 6.25. The minimum absolute atomic E-state index is 0.0412. The molecule has 2 bridgehead atoms. The zero-order valence-corrected chi connectivity index (χ0v) is 15.9. The number of nitrogens with zero attached hydrogens (tertiary/aromatic N) is 5. The van der Waals surface area contributed by atoms with Crippen LogP contribution in [0.2, 0.25) is 0 Å². The van der Waals surface area contributed by atoms with Crippen molar-refractivity contribution >= 4 is 17.2 Å². The average molecular weight is 381 g/mol. The highest BCUT2D eigenvalue weighted by Gasteiger charge is 2.44. The van der Waals surface area contributed by atoms with Gasteiger partial charge in [0.25, 0.3) is 5.91 Å². The third kappa shape index (κ3) is 2.51. The monoisotopic (exact) mass is 381 g/mol. The van der Waals surface area contributed by atoms with Crippen molar-refractivity contribution in [1.82, 2.24) is 24.6 Å². The molecule has 27 heavy (non-hydrogen) atoms. The summed E-state index contributed by atoms with van der Waals surface area (Å²) in [7, 11) is 0. The van der Waals surface area contributed by atoms with Crippen LogP contribution >= 0.6 is 11.3 Å². The predicted octanol–water partition coefficient (Wildman–Crippen LogP) is 2.61. The molecule has 1 saturated heterocycles. The average Bonchev–Trinajstić information content (AvgIpc) is 3.32. The highest BCUT2D eigenvalue weighted by atomic mass is 32.1. The van der Waals surface area contributed by atoms with Gasteiger partial charge in [-0.1, -0.05) is 12.1 Å². The van der Waals surface area contributed by atoms with Gasteiger partial charge in [-0.25, -0.2) is 4.98 Å².